The first kappa shape index (κ1) is 20.8. The van der Waals surface area contributed by atoms with Crippen molar-refractivity contribution >= 4 is 43.8 Å². The highest BCUT2D eigenvalue weighted by molar-refractivity contribution is 9.10. The minimum atomic E-state index is -3.75. The summed E-state index contributed by atoms with van der Waals surface area (Å²) in [7, 11) is -2.24. The van der Waals surface area contributed by atoms with E-state index in [1.165, 1.54) is 25.5 Å². The quantitative estimate of drug-likeness (QED) is 0.510. The molecule has 0 aromatic heterocycles. The fourth-order valence-corrected chi connectivity index (χ4v) is 3.39. The fraction of sp³-hybridized carbons (Fsp3) is 0.176. The number of sulfonamides is 1. The normalized spacial score (nSPS) is 11.4. The number of nitrogens with one attached hydrogen (secondary N) is 1. The van der Waals surface area contributed by atoms with Gasteiger partial charge in [0.1, 0.15) is 18.1 Å². The topological polar surface area (TPSA) is 88.1 Å². The average molecular weight is 458 g/mol. The number of anilines is 1. The van der Waals surface area contributed by atoms with E-state index in [0.29, 0.717) is 11.3 Å². The Kier molecular flexibility index (Phi) is 6.92. The zero-order valence-electron chi connectivity index (χ0n) is 14.5. The second-order valence-electron chi connectivity index (χ2n) is 5.43. The van der Waals surface area contributed by atoms with Gasteiger partial charge in [0.25, 0.3) is 5.91 Å². The van der Waals surface area contributed by atoms with Gasteiger partial charge >= 0.3 is 0 Å². The average Bonchev–Trinajstić information content (AvgIpc) is 2.60. The van der Waals surface area contributed by atoms with E-state index in [4.69, 9.17) is 4.74 Å². The first-order valence-corrected chi connectivity index (χ1v) is 10.2. The van der Waals surface area contributed by atoms with E-state index in [9.17, 15) is 17.6 Å². The van der Waals surface area contributed by atoms with Crippen LogP contribution in [0.15, 0.2) is 52.0 Å². The molecule has 144 valence electrons. The highest BCUT2D eigenvalue weighted by Crippen LogP contribution is 2.21. The van der Waals surface area contributed by atoms with Gasteiger partial charge in [-0.15, -0.1) is 0 Å². The predicted octanol–water partition coefficient (Wildman–Crippen LogP) is 2.51. The van der Waals surface area contributed by atoms with Crippen molar-refractivity contribution in [2.75, 3.05) is 24.2 Å². The van der Waals surface area contributed by atoms with Crippen LogP contribution >= 0.6 is 15.9 Å². The van der Waals surface area contributed by atoms with E-state index in [0.717, 1.165) is 27.2 Å². The summed E-state index contributed by atoms with van der Waals surface area (Å²) in [5.41, 5.74) is 3.05. The molecule has 0 aliphatic heterocycles. The third-order valence-electron chi connectivity index (χ3n) is 3.39. The predicted molar refractivity (Wildman–Crippen MR) is 105 cm³/mol. The molecule has 2 rings (SSSR count). The summed E-state index contributed by atoms with van der Waals surface area (Å²) >= 11 is 3.33. The molecular formula is C17H17BrFN3O4S. The van der Waals surface area contributed by atoms with Crippen LogP contribution in [-0.2, 0) is 14.8 Å². The Morgan fingerprint density at radius 3 is 2.56 bits per heavy atom. The number of benzene rings is 2. The lowest BCUT2D eigenvalue weighted by atomic mass is 10.2. The maximum atomic E-state index is 13.0. The lowest BCUT2D eigenvalue weighted by Crippen LogP contribution is -2.39. The number of hydrogen-bond acceptors (Lipinski definition) is 5. The Hall–Kier alpha value is -2.46. The van der Waals surface area contributed by atoms with Crippen LogP contribution < -0.4 is 14.5 Å². The van der Waals surface area contributed by atoms with E-state index in [2.05, 4.69) is 26.5 Å². The number of nitrogens with zero attached hydrogens (tertiary/aromatic N) is 2. The SMILES string of the molecule is COc1ccc(Br)cc1/C=N/NC(=O)CN(c1ccc(F)cc1)S(C)(=O)=O. The van der Waals surface area contributed by atoms with Gasteiger partial charge in [0.2, 0.25) is 10.0 Å². The fourth-order valence-electron chi connectivity index (χ4n) is 2.15. The van der Waals surface area contributed by atoms with Crippen LogP contribution in [-0.4, -0.2) is 40.4 Å². The minimum absolute atomic E-state index is 0.173. The van der Waals surface area contributed by atoms with E-state index in [1.807, 2.05) is 0 Å². The number of carbonyl (C=O) groups excluding carboxylic acids is 1. The van der Waals surface area contributed by atoms with Gasteiger partial charge in [-0.3, -0.25) is 9.10 Å². The van der Waals surface area contributed by atoms with Crippen molar-refractivity contribution in [1.82, 2.24) is 5.43 Å². The van der Waals surface area contributed by atoms with Crippen LogP contribution in [0.4, 0.5) is 10.1 Å². The number of methoxy groups -OCH3 is 1. The summed E-state index contributed by atoms with van der Waals surface area (Å²) in [6.07, 6.45) is 2.34. The van der Waals surface area contributed by atoms with Crippen molar-refractivity contribution in [3.05, 3.63) is 58.3 Å². The second-order valence-corrected chi connectivity index (χ2v) is 8.25. The standard InChI is InChI=1S/C17H17BrFN3O4S/c1-26-16-8-3-13(18)9-12(16)10-20-21-17(23)11-22(27(2,24)25)15-6-4-14(19)5-7-15/h3-10H,11H2,1-2H3,(H,21,23)/b20-10+. The number of rotatable bonds is 7. The van der Waals surface area contributed by atoms with Crippen molar-refractivity contribution < 1.29 is 22.3 Å². The zero-order chi connectivity index (χ0) is 20.0. The molecule has 0 saturated heterocycles. The molecule has 0 aliphatic rings. The maximum Gasteiger partial charge on any atom is 0.260 e. The molecule has 1 amide bonds. The number of halogens is 2. The van der Waals surface area contributed by atoms with Crippen LogP contribution in [0, 0.1) is 5.82 Å². The van der Waals surface area contributed by atoms with Crippen LogP contribution in [0.25, 0.3) is 0 Å². The lowest BCUT2D eigenvalue weighted by Gasteiger charge is -2.21. The summed E-state index contributed by atoms with van der Waals surface area (Å²) in [5, 5.41) is 3.83. The Balaban J connectivity index is 2.10. The molecule has 0 unspecified atom stereocenters. The number of hydrazone groups is 1. The molecule has 2 aromatic carbocycles. The Bertz CT molecular complexity index is 949. The van der Waals surface area contributed by atoms with Crippen LogP contribution in [0.5, 0.6) is 5.75 Å². The van der Waals surface area contributed by atoms with E-state index in [-0.39, 0.29) is 5.69 Å². The van der Waals surface area contributed by atoms with Crippen molar-refractivity contribution in [3.8, 4) is 5.75 Å². The summed E-state index contributed by atoms with van der Waals surface area (Å²) < 4.78 is 43.8. The van der Waals surface area contributed by atoms with Crippen LogP contribution in [0.3, 0.4) is 0 Å². The van der Waals surface area contributed by atoms with Gasteiger partial charge < -0.3 is 4.74 Å². The summed E-state index contributed by atoms with van der Waals surface area (Å²) in [6, 6.07) is 10.1. The lowest BCUT2D eigenvalue weighted by molar-refractivity contribution is -0.119. The van der Waals surface area contributed by atoms with E-state index >= 15 is 0 Å². The van der Waals surface area contributed by atoms with E-state index < -0.39 is 28.3 Å². The van der Waals surface area contributed by atoms with Crippen molar-refractivity contribution in [2.45, 2.75) is 0 Å². The first-order valence-electron chi connectivity index (χ1n) is 7.59. The second kappa shape index (κ2) is 8.96. The van der Waals surface area contributed by atoms with Gasteiger partial charge in [0, 0.05) is 10.0 Å². The summed E-state index contributed by atoms with van der Waals surface area (Å²) in [5.74, 6) is -0.612. The van der Waals surface area contributed by atoms with Crippen molar-refractivity contribution in [3.63, 3.8) is 0 Å². The van der Waals surface area contributed by atoms with Gasteiger partial charge in [-0.2, -0.15) is 5.10 Å². The molecule has 0 saturated carbocycles. The number of amides is 1. The molecule has 27 heavy (non-hydrogen) atoms. The highest BCUT2D eigenvalue weighted by Gasteiger charge is 2.20. The van der Waals surface area contributed by atoms with Crippen LogP contribution in [0.2, 0.25) is 0 Å². The molecule has 0 aliphatic carbocycles. The number of hydrogen-bond donors (Lipinski definition) is 1. The van der Waals surface area contributed by atoms with Gasteiger partial charge in [-0.25, -0.2) is 18.2 Å². The Morgan fingerprint density at radius 2 is 1.96 bits per heavy atom. The maximum absolute atomic E-state index is 13.0. The molecule has 0 atom stereocenters. The van der Waals surface area contributed by atoms with Crippen molar-refractivity contribution in [2.24, 2.45) is 5.10 Å². The van der Waals surface area contributed by atoms with Crippen LogP contribution in [0.1, 0.15) is 5.56 Å². The molecule has 10 heteroatoms. The van der Waals surface area contributed by atoms with Gasteiger partial charge in [-0.05, 0) is 42.5 Å². The smallest absolute Gasteiger partial charge is 0.260 e. The molecule has 0 heterocycles. The zero-order valence-corrected chi connectivity index (χ0v) is 16.9. The Morgan fingerprint density at radius 1 is 1.30 bits per heavy atom. The molecule has 1 N–H and O–H groups in total. The third kappa shape index (κ3) is 6.04. The molecule has 2 aromatic rings. The molecule has 0 radical (unpaired) electrons. The van der Waals surface area contributed by atoms with E-state index in [1.54, 1.807) is 18.2 Å². The molecule has 0 bridgehead atoms. The van der Waals surface area contributed by atoms with Crippen molar-refractivity contribution in [1.29, 1.82) is 0 Å². The van der Waals surface area contributed by atoms with Gasteiger partial charge in [-0.1, -0.05) is 15.9 Å². The summed E-state index contributed by atoms with van der Waals surface area (Å²) in [6.45, 7) is -0.503. The molecule has 0 spiro atoms. The summed E-state index contributed by atoms with van der Waals surface area (Å²) in [4.78, 5) is 12.1. The first-order chi connectivity index (χ1) is 12.7. The minimum Gasteiger partial charge on any atom is -0.496 e. The van der Waals surface area contributed by atoms with Gasteiger partial charge in [0.15, 0.2) is 0 Å². The largest absolute Gasteiger partial charge is 0.496 e. The Labute approximate surface area is 165 Å². The number of ether oxygens (including phenoxy) is 1. The number of carbonyl (C=O) groups is 1. The third-order valence-corrected chi connectivity index (χ3v) is 5.02. The monoisotopic (exact) mass is 457 g/mol. The molecular weight excluding hydrogens is 441 g/mol. The molecule has 0 fully saturated rings. The highest BCUT2D eigenvalue weighted by atomic mass is 79.9. The molecule has 7 nitrogen and oxygen atoms in total. The van der Waals surface area contributed by atoms with Gasteiger partial charge in [0.05, 0.1) is 25.3 Å².